The molecule has 0 unspecified atom stereocenters. The van der Waals surface area contributed by atoms with Gasteiger partial charge in [0.2, 0.25) is 0 Å². The van der Waals surface area contributed by atoms with Gasteiger partial charge in [-0.25, -0.2) is 9.59 Å². The predicted molar refractivity (Wildman–Crippen MR) is 156 cm³/mol. The number of halogens is 16. The van der Waals surface area contributed by atoms with Crippen LogP contribution in [0.3, 0.4) is 0 Å². The summed E-state index contributed by atoms with van der Waals surface area (Å²) in [7, 11) is 0. The lowest BCUT2D eigenvalue weighted by atomic mass is 9.90. The summed E-state index contributed by atoms with van der Waals surface area (Å²) in [6, 6.07) is 8.44. The van der Waals surface area contributed by atoms with Crippen molar-refractivity contribution < 1.29 is 89.3 Å². The average molecular weight is 821 g/mol. The maximum absolute atomic E-state index is 16.1. The van der Waals surface area contributed by atoms with Crippen molar-refractivity contribution in [2.45, 2.75) is 68.0 Å². The van der Waals surface area contributed by atoms with Crippen LogP contribution in [0.2, 0.25) is 0 Å². The summed E-state index contributed by atoms with van der Waals surface area (Å²) in [5, 5.41) is -1.21. The van der Waals surface area contributed by atoms with Crippen molar-refractivity contribution in [1.82, 2.24) is 0 Å². The van der Waals surface area contributed by atoms with Crippen LogP contribution in [0.4, 0.5) is 70.2 Å². The number of hydrogen-bond donors (Lipinski definition) is 0. The maximum Gasteiger partial charge on any atom is 0.465 e. The number of alkyl halides is 16. The number of ether oxygens (including phenoxy) is 2. The summed E-state index contributed by atoms with van der Waals surface area (Å²) < 4.78 is 236. The van der Waals surface area contributed by atoms with Gasteiger partial charge in [-0.2, -0.15) is 70.2 Å². The van der Waals surface area contributed by atoms with Crippen molar-refractivity contribution in [3.8, 4) is 0 Å². The molecule has 53 heavy (non-hydrogen) atoms. The second-order valence-corrected chi connectivity index (χ2v) is 13.6. The highest BCUT2D eigenvalue weighted by Gasteiger charge is 2.81. The Kier molecular flexibility index (Phi) is 9.45. The molecule has 0 amide bonds. The maximum atomic E-state index is 16.1. The van der Waals surface area contributed by atoms with Gasteiger partial charge in [-0.15, -0.1) is 22.7 Å². The normalized spacial score (nSPS) is 18.8. The molecule has 0 fully saturated rings. The standard InChI is InChI=1S/C31H16F16O4S2/c1-11(50-23(48)27(36,37)30(42,43)44)21-17(13-7-3-5-9-15(13)52-21)19-20(26(34,35)29(40,41)25(19,32)33)18-14-8-4-6-10-16(14)53-22(18)12(2)51-24(49)28(38,39)31(45,46)47/h3-12H,1-2H3/t11-,12-/m1/s1. The van der Waals surface area contributed by atoms with E-state index in [4.69, 9.17) is 0 Å². The molecular formula is C31H16F16O4S2. The van der Waals surface area contributed by atoms with E-state index in [0.717, 1.165) is 36.4 Å². The van der Waals surface area contributed by atoms with Gasteiger partial charge < -0.3 is 9.47 Å². The smallest absolute Gasteiger partial charge is 0.452 e. The molecular weight excluding hydrogens is 804 g/mol. The summed E-state index contributed by atoms with van der Waals surface area (Å²) in [5.41, 5.74) is -7.27. The van der Waals surface area contributed by atoms with E-state index in [-0.39, 0.29) is 32.1 Å². The largest absolute Gasteiger partial charge is 0.465 e. The molecule has 2 atom stereocenters. The van der Waals surface area contributed by atoms with Crippen LogP contribution < -0.4 is 0 Å². The van der Waals surface area contributed by atoms with Crippen molar-refractivity contribution in [3.63, 3.8) is 0 Å². The molecule has 0 saturated carbocycles. The van der Waals surface area contributed by atoms with Gasteiger partial charge in [0, 0.05) is 42.4 Å². The van der Waals surface area contributed by atoms with Gasteiger partial charge in [0.05, 0.1) is 9.75 Å². The predicted octanol–water partition coefficient (Wildman–Crippen LogP) is 11.5. The quantitative estimate of drug-likeness (QED) is 0.131. The highest BCUT2D eigenvalue weighted by atomic mass is 32.1. The Morgan fingerprint density at radius 2 is 0.868 bits per heavy atom. The fraction of sp³-hybridized carbons (Fsp3) is 0.355. The topological polar surface area (TPSA) is 52.6 Å². The zero-order chi connectivity index (χ0) is 40.1. The number of fused-ring (bicyclic) bond motifs is 2. The number of carbonyl (C=O) groups excluding carboxylic acids is 2. The van der Waals surface area contributed by atoms with E-state index in [0.29, 0.717) is 13.8 Å². The lowest BCUT2D eigenvalue weighted by Crippen LogP contribution is -2.49. The van der Waals surface area contributed by atoms with Gasteiger partial charge in [0.25, 0.3) is 0 Å². The SMILES string of the molecule is C[C@@H](OC(=O)C(F)(F)C(F)(F)F)c1sc2ccccc2c1C1=C(c2c([C@@H](C)OC(=O)C(F)(F)C(F)(F)F)sc3ccccc23)C(F)(F)C(F)(F)C1(F)F. The summed E-state index contributed by atoms with van der Waals surface area (Å²) in [6.45, 7) is 1.10. The second kappa shape index (κ2) is 12.5. The Bertz CT molecular complexity index is 1990. The zero-order valence-electron chi connectivity index (χ0n) is 25.8. The molecule has 1 aliphatic carbocycles. The summed E-state index contributed by atoms with van der Waals surface area (Å²) in [5.74, 6) is -37.3. The fourth-order valence-corrected chi connectivity index (χ4v) is 7.80. The second-order valence-electron chi connectivity index (χ2n) is 11.4. The van der Waals surface area contributed by atoms with Crippen LogP contribution in [0.1, 0.15) is 46.9 Å². The minimum atomic E-state index is -6.54. The minimum Gasteiger partial charge on any atom is -0.452 e. The molecule has 1 aliphatic rings. The average Bonchev–Trinajstić information content (AvgIpc) is 3.63. The van der Waals surface area contributed by atoms with Crippen LogP contribution in [0.15, 0.2) is 48.5 Å². The van der Waals surface area contributed by atoms with E-state index in [2.05, 4.69) is 9.47 Å². The molecule has 2 aromatic heterocycles. The summed E-state index contributed by atoms with van der Waals surface area (Å²) in [4.78, 5) is 21.9. The van der Waals surface area contributed by atoms with Gasteiger partial charge in [-0.05, 0) is 26.0 Å². The molecule has 0 bridgehead atoms. The van der Waals surface area contributed by atoms with Crippen LogP contribution in [-0.4, -0.2) is 53.9 Å². The number of allylic oxidation sites excluding steroid dienone is 2. The van der Waals surface area contributed by atoms with E-state index in [1.54, 1.807) is 0 Å². The van der Waals surface area contributed by atoms with Crippen LogP contribution in [0.5, 0.6) is 0 Å². The van der Waals surface area contributed by atoms with Gasteiger partial charge >= 0.3 is 53.9 Å². The van der Waals surface area contributed by atoms with Gasteiger partial charge in [-0.3, -0.25) is 0 Å². The number of hydrogen-bond acceptors (Lipinski definition) is 6. The molecule has 2 heterocycles. The minimum absolute atomic E-state index is 0.190. The summed E-state index contributed by atoms with van der Waals surface area (Å²) >= 11 is 0.379. The molecule has 22 heteroatoms. The van der Waals surface area contributed by atoms with Crippen LogP contribution in [0.25, 0.3) is 31.3 Å². The van der Waals surface area contributed by atoms with Crippen molar-refractivity contribution >= 4 is 65.9 Å². The van der Waals surface area contributed by atoms with Gasteiger partial charge in [0.15, 0.2) is 0 Å². The Hall–Kier alpha value is -4.08. The highest BCUT2D eigenvalue weighted by molar-refractivity contribution is 7.20. The van der Waals surface area contributed by atoms with Crippen molar-refractivity contribution in [2.24, 2.45) is 0 Å². The Morgan fingerprint density at radius 3 is 1.17 bits per heavy atom. The molecule has 2 aromatic carbocycles. The third-order valence-electron chi connectivity index (χ3n) is 7.94. The van der Waals surface area contributed by atoms with E-state index >= 15 is 26.3 Å². The van der Waals surface area contributed by atoms with E-state index < -0.39 is 109 Å². The van der Waals surface area contributed by atoms with Crippen molar-refractivity contribution in [1.29, 1.82) is 0 Å². The fourth-order valence-electron chi connectivity index (χ4n) is 5.41. The first-order chi connectivity index (χ1) is 24.0. The zero-order valence-corrected chi connectivity index (χ0v) is 27.4. The van der Waals surface area contributed by atoms with Crippen LogP contribution in [-0.2, 0) is 19.1 Å². The lowest BCUT2D eigenvalue weighted by molar-refractivity contribution is -0.282. The molecule has 4 aromatic rings. The van der Waals surface area contributed by atoms with Crippen molar-refractivity contribution in [3.05, 3.63) is 69.4 Å². The first kappa shape index (κ1) is 40.1. The number of thiophene rings is 2. The number of benzene rings is 2. The van der Waals surface area contributed by atoms with Crippen LogP contribution in [0, 0.1) is 0 Å². The third-order valence-corrected chi connectivity index (χ3v) is 10.6. The molecule has 288 valence electrons. The van der Waals surface area contributed by atoms with E-state index in [1.807, 2.05) is 0 Å². The molecule has 4 nitrogen and oxygen atoms in total. The van der Waals surface area contributed by atoms with Gasteiger partial charge in [0.1, 0.15) is 12.2 Å². The Morgan fingerprint density at radius 1 is 0.566 bits per heavy atom. The summed E-state index contributed by atoms with van der Waals surface area (Å²) in [6.07, 6.45) is -18.0. The molecule has 0 aliphatic heterocycles. The molecule has 0 radical (unpaired) electrons. The number of carbonyl (C=O) groups is 2. The molecule has 0 saturated heterocycles. The molecule has 5 rings (SSSR count). The number of rotatable bonds is 8. The third kappa shape index (κ3) is 5.99. The van der Waals surface area contributed by atoms with Gasteiger partial charge in [-0.1, -0.05) is 36.4 Å². The Balaban J connectivity index is 1.85. The molecule has 0 N–H and O–H groups in total. The van der Waals surface area contributed by atoms with E-state index in [9.17, 15) is 53.5 Å². The Labute approximate surface area is 292 Å². The molecule has 0 spiro atoms. The van der Waals surface area contributed by atoms with Crippen LogP contribution >= 0.6 is 22.7 Å². The highest BCUT2D eigenvalue weighted by Crippen LogP contribution is 2.67. The van der Waals surface area contributed by atoms with E-state index in [1.165, 1.54) is 12.1 Å². The first-order valence-corrected chi connectivity index (χ1v) is 15.9. The van der Waals surface area contributed by atoms with Crippen molar-refractivity contribution in [2.75, 3.05) is 0 Å². The lowest BCUT2D eigenvalue weighted by Gasteiger charge is -2.26. The monoisotopic (exact) mass is 820 g/mol. The number of esters is 2. The first-order valence-electron chi connectivity index (χ1n) is 14.3.